The minimum atomic E-state index is -0.315. The quantitative estimate of drug-likeness (QED) is 0.808. The predicted molar refractivity (Wildman–Crippen MR) is 78.1 cm³/mol. The first-order chi connectivity index (χ1) is 9.58. The van der Waals surface area contributed by atoms with E-state index in [-0.39, 0.29) is 24.3 Å². The molecule has 2 amide bonds. The van der Waals surface area contributed by atoms with Crippen molar-refractivity contribution in [3.8, 4) is 0 Å². The maximum absolute atomic E-state index is 12.1. The fourth-order valence-electron chi connectivity index (χ4n) is 2.37. The van der Waals surface area contributed by atoms with Crippen LogP contribution >= 0.6 is 0 Å². The zero-order chi connectivity index (χ0) is 14.5. The number of anilines is 1. The lowest BCUT2D eigenvalue weighted by Gasteiger charge is -2.17. The van der Waals surface area contributed by atoms with Crippen LogP contribution in [0.3, 0.4) is 0 Å². The second-order valence-corrected chi connectivity index (χ2v) is 5.20. The van der Waals surface area contributed by atoms with E-state index in [0.717, 1.165) is 31.5 Å². The molecule has 108 valence electrons. The number of hydrogen-bond acceptors (Lipinski definition) is 3. The zero-order valence-corrected chi connectivity index (χ0v) is 11.8. The van der Waals surface area contributed by atoms with Crippen LogP contribution in [-0.4, -0.2) is 36.3 Å². The minimum absolute atomic E-state index is 0.00405. The molecule has 2 rings (SSSR count). The second-order valence-electron chi connectivity index (χ2n) is 5.20. The molecule has 1 saturated heterocycles. The summed E-state index contributed by atoms with van der Waals surface area (Å²) >= 11 is 0. The van der Waals surface area contributed by atoms with Gasteiger partial charge >= 0.3 is 0 Å². The van der Waals surface area contributed by atoms with Gasteiger partial charge in [-0.05, 0) is 37.5 Å². The molecule has 20 heavy (non-hydrogen) atoms. The van der Waals surface area contributed by atoms with Crippen LogP contribution in [0.25, 0.3) is 0 Å². The van der Waals surface area contributed by atoms with E-state index in [1.807, 2.05) is 19.1 Å². The van der Waals surface area contributed by atoms with E-state index >= 15 is 0 Å². The van der Waals surface area contributed by atoms with Crippen molar-refractivity contribution < 1.29 is 9.59 Å². The van der Waals surface area contributed by atoms with Gasteiger partial charge < -0.3 is 16.0 Å². The molecule has 1 aliphatic heterocycles. The third kappa shape index (κ3) is 3.50. The summed E-state index contributed by atoms with van der Waals surface area (Å²) in [5.74, 6) is -0.469. The molecule has 0 bridgehead atoms. The van der Waals surface area contributed by atoms with E-state index in [2.05, 4.69) is 5.32 Å². The molecule has 0 saturated carbocycles. The van der Waals surface area contributed by atoms with Crippen molar-refractivity contribution in [1.29, 1.82) is 0 Å². The van der Waals surface area contributed by atoms with Gasteiger partial charge in [-0.25, -0.2) is 0 Å². The third-order valence-electron chi connectivity index (χ3n) is 3.68. The van der Waals surface area contributed by atoms with Gasteiger partial charge in [0.05, 0.1) is 12.5 Å². The number of nitrogen functional groups attached to an aromatic ring is 1. The predicted octanol–water partition coefficient (Wildman–Crippen LogP) is 1.11. The van der Waals surface area contributed by atoms with Crippen LogP contribution in [0.1, 0.15) is 31.2 Å². The molecule has 1 unspecified atom stereocenters. The van der Waals surface area contributed by atoms with E-state index in [1.165, 1.54) is 0 Å². The Balaban J connectivity index is 1.86. The van der Waals surface area contributed by atoms with Crippen LogP contribution in [0.2, 0.25) is 0 Å². The summed E-state index contributed by atoms with van der Waals surface area (Å²) in [6.07, 6.45) is 2.11. The van der Waals surface area contributed by atoms with Crippen LogP contribution in [0.15, 0.2) is 24.3 Å². The Morgan fingerprint density at radius 3 is 2.70 bits per heavy atom. The molecule has 5 nitrogen and oxygen atoms in total. The first-order valence-electron chi connectivity index (χ1n) is 6.99. The Morgan fingerprint density at radius 2 is 2.05 bits per heavy atom. The number of rotatable bonds is 4. The fraction of sp³-hybridized carbons (Fsp3) is 0.467. The highest BCUT2D eigenvalue weighted by Crippen LogP contribution is 2.17. The lowest BCUT2D eigenvalue weighted by atomic mass is 10.00. The summed E-state index contributed by atoms with van der Waals surface area (Å²) in [4.78, 5) is 25.7. The average molecular weight is 275 g/mol. The molecule has 1 aromatic carbocycles. The number of nitrogens with two attached hydrogens (primary N) is 1. The highest BCUT2D eigenvalue weighted by Gasteiger charge is 2.20. The zero-order valence-electron chi connectivity index (χ0n) is 11.8. The number of carbonyl (C=O) groups is 2. The Bertz CT molecular complexity index is 496. The summed E-state index contributed by atoms with van der Waals surface area (Å²) in [6.45, 7) is 3.49. The molecule has 0 aliphatic carbocycles. The van der Waals surface area contributed by atoms with Gasteiger partial charge in [-0.15, -0.1) is 0 Å². The van der Waals surface area contributed by atoms with Gasteiger partial charge in [0.15, 0.2) is 0 Å². The molecular weight excluding hydrogens is 254 g/mol. The van der Waals surface area contributed by atoms with Crippen molar-refractivity contribution in [3.05, 3.63) is 29.8 Å². The number of carbonyl (C=O) groups excluding carboxylic acids is 2. The summed E-state index contributed by atoms with van der Waals surface area (Å²) in [6, 6.07) is 7.25. The van der Waals surface area contributed by atoms with Crippen LogP contribution in [0.5, 0.6) is 0 Å². The lowest BCUT2D eigenvalue weighted by molar-refractivity contribution is -0.132. The number of hydrogen-bond donors (Lipinski definition) is 2. The molecule has 3 N–H and O–H groups in total. The van der Waals surface area contributed by atoms with E-state index in [0.29, 0.717) is 5.69 Å². The van der Waals surface area contributed by atoms with E-state index < -0.39 is 0 Å². The number of nitrogens with zero attached hydrogens (tertiary/aromatic N) is 1. The summed E-state index contributed by atoms with van der Waals surface area (Å²) in [5, 5.41) is 2.71. The highest BCUT2D eigenvalue weighted by atomic mass is 16.2. The Labute approximate surface area is 119 Å². The largest absolute Gasteiger partial charge is 0.399 e. The monoisotopic (exact) mass is 275 g/mol. The summed E-state index contributed by atoms with van der Waals surface area (Å²) in [7, 11) is 0. The van der Waals surface area contributed by atoms with Gasteiger partial charge in [0.2, 0.25) is 11.8 Å². The van der Waals surface area contributed by atoms with Crippen molar-refractivity contribution in [2.24, 2.45) is 0 Å². The third-order valence-corrected chi connectivity index (χ3v) is 3.68. The average Bonchev–Trinajstić information content (AvgIpc) is 2.97. The van der Waals surface area contributed by atoms with Crippen molar-refractivity contribution >= 4 is 17.5 Å². The van der Waals surface area contributed by atoms with Gasteiger partial charge in [0, 0.05) is 18.8 Å². The molecular formula is C15H21N3O2. The van der Waals surface area contributed by atoms with Crippen LogP contribution in [0.4, 0.5) is 5.69 Å². The number of nitrogens with one attached hydrogen (secondary N) is 1. The first-order valence-corrected chi connectivity index (χ1v) is 6.99. The summed E-state index contributed by atoms with van der Waals surface area (Å²) < 4.78 is 0. The van der Waals surface area contributed by atoms with Crippen LogP contribution < -0.4 is 11.1 Å². The van der Waals surface area contributed by atoms with Crippen LogP contribution in [-0.2, 0) is 9.59 Å². The number of benzene rings is 1. The molecule has 1 heterocycles. The summed E-state index contributed by atoms with van der Waals surface area (Å²) in [5.41, 5.74) is 7.20. The Hall–Kier alpha value is -2.04. The Kier molecular flexibility index (Phi) is 4.61. The number of amides is 2. The van der Waals surface area contributed by atoms with E-state index in [9.17, 15) is 9.59 Å². The van der Waals surface area contributed by atoms with Gasteiger partial charge in [0.25, 0.3) is 0 Å². The molecule has 1 aromatic rings. The van der Waals surface area contributed by atoms with Crippen LogP contribution in [0, 0.1) is 0 Å². The topological polar surface area (TPSA) is 75.4 Å². The van der Waals surface area contributed by atoms with Gasteiger partial charge in [0.1, 0.15) is 0 Å². The molecule has 5 heteroatoms. The number of likely N-dealkylation sites (tertiary alicyclic amines) is 1. The maximum atomic E-state index is 12.1. The van der Waals surface area contributed by atoms with Gasteiger partial charge in [-0.2, -0.15) is 0 Å². The van der Waals surface area contributed by atoms with Gasteiger partial charge in [-0.1, -0.05) is 12.1 Å². The molecule has 1 aliphatic rings. The van der Waals surface area contributed by atoms with E-state index in [4.69, 9.17) is 5.73 Å². The molecule has 0 aromatic heterocycles. The minimum Gasteiger partial charge on any atom is -0.399 e. The smallest absolute Gasteiger partial charge is 0.241 e. The lowest BCUT2D eigenvalue weighted by Crippen LogP contribution is -2.40. The highest BCUT2D eigenvalue weighted by molar-refractivity contribution is 5.88. The van der Waals surface area contributed by atoms with Crippen molar-refractivity contribution in [3.63, 3.8) is 0 Å². The SMILES string of the molecule is CC(C(=O)NCC(=O)N1CCCC1)c1cccc(N)c1. The molecule has 1 fully saturated rings. The molecule has 0 radical (unpaired) electrons. The Morgan fingerprint density at radius 1 is 1.35 bits per heavy atom. The van der Waals surface area contributed by atoms with E-state index in [1.54, 1.807) is 17.0 Å². The standard InChI is InChI=1S/C15H21N3O2/c1-11(12-5-4-6-13(16)9-12)15(20)17-10-14(19)18-7-2-3-8-18/h4-6,9,11H,2-3,7-8,10,16H2,1H3,(H,17,20). The van der Waals surface area contributed by atoms with Crippen molar-refractivity contribution in [1.82, 2.24) is 10.2 Å². The van der Waals surface area contributed by atoms with Crippen molar-refractivity contribution in [2.45, 2.75) is 25.7 Å². The molecule has 1 atom stereocenters. The first kappa shape index (κ1) is 14.4. The molecule has 0 spiro atoms. The van der Waals surface area contributed by atoms with Crippen molar-refractivity contribution in [2.75, 3.05) is 25.4 Å². The second kappa shape index (κ2) is 6.41. The fourth-order valence-corrected chi connectivity index (χ4v) is 2.37. The maximum Gasteiger partial charge on any atom is 0.241 e. The normalized spacial score (nSPS) is 15.9. The van der Waals surface area contributed by atoms with Gasteiger partial charge in [-0.3, -0.25) is 9.59 Å².